The maximum atomic E-state index is 12.2. The van der Waals surface area contributed by atoms with Gasteiger partial charge in [0, 0.05) is 24.6 Å². The van der Waals surface area contributed by atoms with Gasteiger partial charge in [-0.25, -0.2) is 0 Å². The van der Waals surface area contributed by atoms with E-state index in [-0.39, 0.29) is 11.0 Å². The second-order valence-corrected chi connectivity index (χ2v) is 6.60. The van der Waals surface area contributed by atoms with E-state index in [1.807, 2.05) is 49.4 Å². The Morgan fingerprint density at radius 3 is 2.88 bits per heavy atom. The molecule has 1 saturated heterocycles. The fourth-order valence-corrected chi connectivity index (χ4v) is 3.40. The number of amides is 1. The summed E-state index contributed by atoms with van der Waals surface area (Å²) in [5.74, 6) is 0.335. The van der Waals surface area contributed by atoms with Gasteiger partial charge in [0.25, 0.3) is 5.91 Å². The molecule has 5 nitrogen and oxygen atoms in total. The van der Waals surface area contributed by atoms with E-state index in [9.17, 15) is 10.0 Å². The number of benzene rings is 1. The van der Waals surface area contributed by atoms with Crippen LogP contribution in [0.1, 0.15) is 28.8 Å². The Labute approximate surface area is 143 Å². The van der Waals surface area contributed by atoms with Crippen LogP contribution in [-0.4, -0.2) is 37.1 Å². The van der Waals surface area contributed by atoms with Crippen molar-refractivity contribution in [2.24, 2.45) is 5.92 Å². The minimum absolute atomic E-state index is 0.0314. The molecule has 1 aromatic rings. The largest absolute Gasteiger partial charge is 0.629 e. The molecule has 0 bridgehead atoms. The van der Waals surface area contributed by atoms with Crippen LogP contribution in [0.4, 0.5) is 0 Å². The normalized spacial score (nSPS) is 22.2. The lowest BCUT2D eigenvalue weighted by Crippen LogP contribution is -3.06. The van der Waals surface area contributed by atoms with Crippen molar-refractivity contribution in [1.29, 1.82) is 0 Å². The Hall–Kier alpha value is -1.95. The highest BCUT2D eigenvalue weighted by Crippen LogP contribution is 2.22. The molecule has 3 rings (SSSR count). The predicted molar refractivity (Wildman–Crippen MR) is 94.2 cm³/mol. The van der Waals surface area contributed by atoms with Crippen LogP contribution >= 0.6 is 0 Å². The van der Waals surface area contributed by atoms with Crippen molar-refractivity contribution in [3.05, 3.63) is 64.5 Å². The molecule has 2 N–H and O–H groups in total. The minimum atomic E-state index is -0.0314. The van der Waals surface area contributed by atoms with Crippen molar-refractivity contribution in [3.8, 4) is 0 Å². The van der Waals surface area contributed by atoms with Crippen LogP contribution in [0.5, 0.6) is 0 Å². The van der Waals surface area contributed by atoms with Crippen LogP contribution < -0.4 is 10.4 Å². The molecule has 1 unspecified atom stereocenters. The van der Waals surface area contributed by atoms with Gasteiger partial charge in [-0.2, -0.15) is 0 Å². The third kappa shape index (κ3) is 4.12. The lowest BCUT2D eigenvalue weighted by atomic mass is 9.92. The number of nitrogens with one attached hydrogen (secondary N) is 2. The van der Waals surface area contributed by atoms with Crippen molar-refractivity contribution < 1.29 is 9.86 Å². The summed E-state index contributed by atoms with van der Waals surface area (Å²) in [5, 5.41) is 15.2. The van der Waals surface area contributed by atoms with Crippen LogP contribution in [0.2, 0.25) is 0 Å². The van der Waals surface area contributed by atoms with Gasteiger partial charge < -0.3 is 15.6 Å². The Morgan fingerprint density at radius 1 is 1.38 bits per heavy atom. The van der Waals surface area contributed by atoms with E-state index in [4.69, 9.17) is 0 Å². The number of hydrogen-bond acceptors (Lipinski definition) is 3. The van der Waals surface area contributed by atoms with Gasteiger partial charge in [0.15, 0.2) is 0 Å². The SMILES string of the molecule is Cc1cccc(C(=O)NCN2CCC(C3=CC=CC[NH+]3[O-])CC2)c1. The van der Waals surface area contributed by atoms with E-state index in [1.54, 1.807) is 0 Å². The van der Waals surface area contributed by atoms with Crippen molar-refractivity contribution in [1.82, 2.24) is 10.2 Å². The summed E-state index contributed by atoms with van der Waals surface area (Å²) in [7, 11) is 0. The molecule has 2 heterocycles. The third-order valence-corrected chi connectivity index (χ3v) is 4.81. The molecule has 128 valence electrons. The van der Waals surface area contributed by atoms with E-state index in [0.717, 1.165) is 37.2 Å². The van der Waals surface area contributed by atoms with Crippen LogP contribution in [0.15, 0.2) is 48.2 Å². The molecule has 0 saturated carbocycles. The zero-order valence-electron chi connectivity index (χ0n) is 14.1. The van der Waals surface area contributed by atoms with Crippen LogP contribution in [0.3, 0.4) is 0 Å². The number of aryl methyl sites for hydroxylation is 1. The van der Waals surface area contributed by atoms with Crippen LogP contribution in [0.25, 0.3) is 0 Å². The topological polar surface area (TPSA) is 59.8 Å². The number of likely N-dealkylation sites (tertiary alicyclic amines) is 1. The number of rotatable bonds is 4. The van der Waals surface area contributed by atoms with Gasteiger partial charge >= 0.3 is 0 Å². The average molecular weight is 327 g/mol. The minimum Gasteiger partial charge on any atom is -0.629 e. The summed E-state index contributed by atoms with van der Waals surface area (Å²) in [6.45, 7) is 4.91. The smallest absolute Gasteiger partial charge is 0.252 e. The highest BCUT2D eigenvalue weighted by Gasteiger charge is 2.26. The molecule has 24 heavy (non-hydrogen) atoms. The third-order valence-electron chi connectivity index (χ3n) is 4.81. The highest BCUT2D eigenvalue weighted by molar-refractivity contribution is 5.94. The molecule has 1 amide bonds. The standard InChI is InChI=1S/C19H25N3O2/c1-15-5-4-6-17(13-15)19(23)20-14-21-11-8-16(9-12-21)18-7-2-3-10-22(18)24/h2-7,13,16,22H,8-12,14H2,1H3,(H,20,23). The van der Waals surface area contributed by atoms with Crippen LogP contribution in [0, 0.1) is 18.0 Å². The second kappa shape index (κ2) is 7.75. The maximum absolute atomic E-state index is 12.2. The van der Waals surface area contributed by atoms with Crippen molar-refractivity contribution in [2.75, 3.05) is 26.3 Å². The first-order chi connectivity index (χ1) is 11.6. The molecule has 2 aliphatic rings. The van der Waals surface area contributed by atoms with E-state index >= 15 is 0 Å². The number of piperidine rings is 1. The predicted octanol–water partition coefficient (Wildman–Crippen LogP) is 1.23. The van der Waals surface area contributed by atoms with E-state index in [0.29, 0.717) is 24.7 Å². The first-order valence-corrected chi connectivity index (χ1v) is 8.60. The molecule has 0 spiro atoms. The van der Waals surface area contributed by atoms with Crippen molar-refractivity contribution in [3.63, 3.8) is 0 Å². The van der Waals surface area contributed by atoms with Gasteiger partial charge in [-0.05, 0) is 44.1 Å². The number of hydrogen-bond donors (Lipinski definition) is 2. The number of carbonyl (C=O) groups is 1. The van der Waals surface area contributed by atoms with Gasteiger partial charge in [0.1, 0.15) is 12.2 Å². The summed E-state index contributed by atoms with van der Waals surface area (Å²) in [5.41, 5.74) is 2.78. The molecule has 0 radical (unpaired) electrons. The molecule has 1 aromatic carbocycles. The number of nitrogens with zero attached hydrogens (tertiary/aromatic N) is 1. The van der Waals surface area contributed by atoms with E-state index in [2.05, 4.69) is 10.2 Å². The first kappa shape index (κ1) is 16.9. The average Bonchev–Trinajstić information content (AvgIpc) is 2.61. The Morgan fingerprint density at radius 2 is 2.17 bits per heavy atom. The molecule has 1 fully saturated rings. The lowest BCUT2D eigenvalue weighted by Gasteiger charge is -2.36. The summed E-state index contributed by atoms with van der Waals surface area (Å²) >= 11 is 0. The molecule has 0 aromatic heterocycles. The molecule has 0 aliphatic carbocycles. The van der Waals surface area contributed by atoms with Gasteiger partial charge in [-0.1, -0.05) is 23.8 Å². The summed E-state index contributed by atoms with van der Waals surface area (Å²) in [6.07, 6.45) is 7.84. The lowest BCUT2D eigenvalue weighted by molar-refractivity contribution is -0.804. The van der Waals surface area contributed by atoms with Crippen molar-refractivity contribution in [2.45, 2.75) is 19.8 Å². The van der Waals surface area contributed by atoms with Gasteiger partial charge in [-0.15, -0.1) is 0 Å². The number of hydroxylamine groups is 2. The summed E-state index contributed by atoms with van der Waals surface area (Å²) < 4.78 is 0. The first-order valence-electron chi connectivity index (χ1n) is 8.60. The summed E-state index contributed by atoms with van der Waals surface area (Å²) in [4.78, 5) is 14.4. The molecule has 2 aliphatic heterocycles. The van der Waals surface area contributed by atoms with E-state index in [1.165, 1.54) is 0 Å². The summed E-state index contributed by atoms with van der Waals surface area (Å²) in [6, 6.07) is 7.62. The quantitative estimate of drug-likeness (QED) is 0.818. The fourth-order valence-electron chi connectivity index (χ4n) is 3.40. The number of quaternary nitrogens is 1. The van der Waals surface area contributed by atoms with Crippen molar-refractivity contribution >= 4 is 5.91 Å². The molecule has 1 atom stereocenters. The number of carbonyl (C=O) groups excluding carboxylic acids is 1. The highest BCUT2D eigenvalue weighted by atomic mass is 16.5. The molecular formula is C19H25N3O2. The second-order valence-electron chi connectivity index (χ2n) is 6.60. The Bertz CT molecular complexity index is 646. The maximum Gasteiger partial charge on any atom is 0.252 e. The monoisotopic (exact) mass is 327 g/mol. The number of allylic oxidation sites excluding steroid dienone is 3. The van der Waals surface area contributed by atoms with E-state index < -0.39 is 0 Å². The Balaban J connectivity index is 1.46. The molecule has 5 heteroatoms. The van der Waals surface area contributed by atoms with Gasteiger partial charge in [-0.3, -0.25) is 9.69 Å². The van der Waals surface area contributed by atoms with Gasteiger partial charge in [0.05, 0.1) is 6.67 Å². The van der Waals surface area contributed by atoms with Crippen LogP contribution in [-0.2, 0) is 0 Å². The zero-order chi connectivity index (χ0) is 16.9. The van der Waals surface area contributed by atoms with Gasteiger partial charge in [0.2, 0.25) is 0 Å². The molecular weight excluding hydrogens is 302 g/mol. The zero-order valence-corrected chi connectivity index (χ0v) is 14.1. The Kier molecular flexibility index (Phi) is 5.45. The fraction of sp³-hybridized carbons (Fsp3) is 0.421.